The summed E-state index contributed by atoms with van der Waals surface area (Å²) in [5.74, 6) is 0.695. The van der Waals surface area contributed by atoms with Crippen molar-refractivity contribution in [3.8, 4) is 0 Å². The summed E-state index contributed by atoms with van der Waals surface area (Å²) >= 11 is 1.73. The monoisotopic (exact) mass is 288 g/mol. The minimum Gasteiger partial charge on any atom is -0.333 e. The van der Waals surface area contributed by atoms with Crippen molar-refractivity contribution < 1.29 is 4.79 Å². The van der Waals surface area contributed by atoms with Crippen molar-refractivity contribution in [1.82, 2.24) is 9.88 Å². The van der Waals surface area contributed by atoms with E-state index in [4.69, 9.17) is 4.98 Å². The van der Waals surface area contributed by atoms with Gasteiger partial charge in [0, 0.05) is 13.0 Å². The summed E-state index contributed by atoms with van der Waals surface area (Å²) in [6.07, 6.45) is 2.77. The molecule has 2 aromatic rings. The van der Waals surface area contributed by atoms with Crippen LogP contribution in [0, 0.1) is 5.92 Å². The standard InChI is InChI=1S/C16H20N2OS/c1-11(2)10-15(19)18-9-5-7-13(18)16-17-12-6-3-4-8-14(12)20-16/h3-4,6,8,11,13H,5,7,9-10H2,1-2H3/t13-/m0/s1. The van der Waals surface area contributed by atoms with Crippen LogP contribution in [-0.4, -0.2) is 22.3 Å². The molecule has 1 aliphatic heterocycles. The predicted molar refractivity (Wildman–Crippen MR) is 82.8 cm³/mol. The van der Waals surface area contributed by atoms with E-state index in [-0.39, 0.29) is 11.9 Å². The first-order valence-corrected chi connectivity index (χ1v) is 8.11. The molecule has 106 valence electrons. The highest BCUT2D eigenvalue weighted by Crippen LogP contribution is 2.36. The number of amides is 1. The third-order valence-electron chi connectivity index (χ3n) is 3.75. The second-order valence-corrected chi connectivity index (χ2v) is 6.93. The molecule has 0 unspecified atom stereocenters. The molecule has 1 aliphatic rings. The first-order valence-electron chi connectivity index (χ1n) is 7.30. The lowest BCUT2D eigenvalue weighted by atomic mass is 10.1. The Morgan fingerprint density at radius 1 is 1.45 bits per heavy atom. The molecule has 1 amide bonds. The molecule has 1 atom stereocenters. The highest BCUT2D eigenvalue weighted by Gasteiger charge is 2.32. The van der Waals surface area contributed by atoms with Crippen LogP contribution in [0.1, 0.15) is 44.2 Å². The number of aromatic nitrogens is 1. The molecule has 2 heterocycles. The van der Waals surface area contributed by atoms with Gasteiger partial charge < -0.3 is 4.90 Å². The zero-order valence-electron chi connectivity index (χ0n) is 12.0. The Balaban J connectivity index is 1.86. The molecule has 0 saturated carbocycles. The van der Waals surface area contributed by atoms with E-state index in [1.54, 1.807) is 11.3 Å². The fourth-order valence-electron chi connectivity index (χ4n) is 2.82. The Bertz CT molecular complexity index is 587. The van der Waals surface area contributed by atoms with E-state index in [1.807, 2.05) is 23.1 Å². The summed E-state index contributed by atoms with van der Waals surface area (Å²) in [4.78, 5) is 19.1. The predicted octanol–water partition coefficient (Wildman–Crippen LogP) is 4.01. The zero-order valence-corrected chi connectivity index (χ0v) is 12.8. The van der Waals surface area contributed by atoms with Gasteiger partial charge in [-0.3, -0.25) is 4.79 Å². The number of nitrogens with zero attached hydrogens (tertiary/aromatic N) is 2. The summed E-state index contributed by atoms with van der Waals surface area (Å²) in [5.41, 5.74) is 1.05. The van der Waals surface area contributed by atoms with Crippen LogP contribution >= 0.6 is 11.3 Å². The molecule has 1 aromatic carbocycles. The van der Waals surface area contributed by atoms with Crippen molar-refractivity contribution in [2.24, 2.45) is 5.92 Å². The number of likely N-dealkylation sites (tertiary alicyclic amines) is 1. The Labute approximate surface area is 123 Å². The molecule has 1 saturated heterocycles. The number of hydrogen-bond acceptors (Lipinski definition) is 3. The van der Waals surface area contributed by atoms with Crippen molar-refractivity contribution in [3.63, 3.8) is 0 Å². The molecule has 0 bridgehead atoms. The highest BCUT2D eigenvalue weighted by molar-refractivity contribution is 7.18. The molecular weight excluding hydrogens is 268 g/mol. The molecule has 3 nitrogen and oxygen atoms in total. The Morgan fingerprint density at radius 3 is 3.00 bits per heavy atom. The van der Waals surface area contributed by atoms with Crippen LogP contribution in [-0.2, 0) is 4.79 Å². The average molecular weight is 288 g/mol. The van der Waals surface area contributed by atoms with Gasteiger partial charge in [0.15, 0.2) is 0 Å². The number of rotatable bonds is 3. The van der Waals surface area contributed by atoms with Crippen LogP contribution in [0.2, 0.25) is 0 Å². The van der Waals surface area contributed by atoms with Crippen molar-refractivity contribution >= 4 is 27.5 Å². The molecule has 3 rings (SSSR count). The van der Waals surface area contributed by atoms with E-state index in [0.29, 0.717) is 12.3 Å². The Morgan fingerprint density at radius 2 is 2.25 bits per heavy atom. The van der Waals surface area contributed by atoms with E-state index in [9.17, 15) is 4.79 Å². The molecule has 0 N–H and O–H groups in total. The minimum absolute atomic E-state index is 0.193. The SMILES string of the molecule is CC(C)CC(=O)N1CCC[C@H]1c1nc2ccccc2s1. The second-order valence-electron chi connectivity index (χ2n) is 5.86. The summed E-state index contributed by atoms with van der Waals surface area (Å²) in [7, 11) is 0. The van der Waals surface area contributed by atoms with Crippen molar-refractivity contribution in [2.45, 2.75) is 39.2 Å². The summed E-state index contributed by atoms with van der Waals surface area (Å²) in [5, 5.41) is 1.10. The maximum absolute atomic E-state index is 12.4. The summed E-state index contributed by atoms with van der Waals surface area (Å²) in [6.45, 7) is 5.08. The summed E-state index contributed by atoms with van der Waals surface area (Å²) < 4.78 is 1.21. The lowest BCUT2D eigenvalue weighted by Crippen LogP contribution is -2.31. The molecule has 0 spiro atoms. The van der Waals surface area contributed by atoms with E-state index >= 15 is 0 Å². The maximum atomic E-state index is 12.4. The average Bonchev–Trinajstić information content (AvgIpc) is 3.04. The number of thiazole rings is 1. The van der Waals surface area contributed by atoms with Gasteiger partial charge in [-0.2, -0.15) is 0 Å². The molecule has 1 fully saturated rings. The third kappa shape index (κ3) is 2.57. The van der Waals surface area contributed by atoms with Crippen molar-refractivity contribution in [3.05, 3.63) is 29.3 Å². The first kappa shape index (κ1) is 13.6. The Hall–Kier alpha value is -1.42. The molecule has 0 radical (unpaired) electrons. The number of carbonyl (C=O) groups is 1. The van der Waals surface area contributed by atoms with Crippen LogP contribution in [0.5, 0.6) is 0 Å². The van der Waals surface area contributed by atoms with Gasteiger partial charge in [-0.15, -0.1) is 11.3 Å². The van der Waals surface area contributed by atoms with E-state index in [0.717, 1.165) is 29.9 Å². The van der Waals surface area contributed by atoms with Gasteiger partial charge in [-0.1, -0.05) is 26.0 Å². The molecule has 20 heavy (non-hydrogen) atoms. The normalized spacial score (nSPS) is 19.1. The third-order valence-corrected chi connectivity index (χ3v) is 4.89. The van der Waals surface area contributed by atoms with E-state index in [1.165, 1.54) is 4.70 Å². The topological polar surface area (TPSA) is 33.2 Å². The number of para-hydroxylation sites is 1. The lowest BCUT2D eigenvalue weighted by molar-refractivity contribution is -0.132. The van der Waals surface area contributed by atoms with Crippen LogP contribution in [0.3, 0.4) is 0 Å². The van der Waals surface area contributed by atoms with Gasteiger partial charge in [0.05, 0.1) is 16.3 Å². The van der Waals surface area contributed by atoms with Crippen LogP contribution in [0.4, 0.5) is 0 Å². The van der Waals surface area contributed by atoms with E-state index in [2.05, 4.69) is 19.9 Å². The number of fused-ring (bicyclic) bond motifs is 1. The maximum Gasteiger partial charge on any atom is 0.223 e. The second kappa shape index (κ2) is 5.52. The van der Waals surface area contributed by atoms with Crippen LogP contribution in [0.15, 0.2) is 24.3 Å². The number of hydrogen-bond donors (Lipinski definition) is 0. The summed E-state index contributed by atoms with van der Waals surface area (Å²) in [6, 6.07) is 8.40. The quantitative estimate of drug-likeness (QED) is 0.855. The van der Waals surface area contributed by atoms with Gasteiger partial charge in [0.2, 0.25) is 5.91 Å². The number of carbonyl (C=O) groups excluding carboxylic acids is 1. The van der Waals surface area contributed by atoms with Crippen molar-refractivity contribution in [1.29, 1.82) is 0 Å². The Kier molecular flexibility index (Phi) is 3.74. The fourth-order valence-corrected chi connectivity index (χ4v) is 3.94. The molecule has 0 aliphatic carbocycles. The van der Waals surface area contributed by atoms with Gasteiger partial charge >= 0.3 is 0 Å². The number of benzene rings is 1. The highest BCUT2D eigenvalue weighted by atomic mass is 32.1. The van der Waals surface area contributed by atoms with Gasteiger partial charge in [-0.05, 0) is 30.9 Å². The van der Waals surface area contributed by atoms with E-state index < -0.39 is 0 Å². The van der Waals surface area contributed by atoms with Gasteiger partial charge in [-0.25, -0.2) is 4.98 Å². The van der Waals surface area contributed by atoms with Crippen molar-refractivity contribution in [2.75, 3.05) is 6.54 Å². The molecule has 4 heteroatoms. The van der Waals surface area contributed by atoms with Crippen LogP contribution < -0.4 is 0 Å². The fraction of sp³-hybridized carbons (Fsp3) is 0.500. The zero-order chi connectivity index (χ0) is 14.1. The first-order chi connectivity index (χ1) is 9.65. The largest absolute Gasteiger partial charge is 0.333 e. The molecule has 1 aromatic heterocycles. The lowest BCUT2D eigenvalue weighted by Gasteiger charge is -2.23. The smallest absolute Gasteiger partial charge is 0.223 e. The van der Waals surface area contributed by atoms with Gasteiger partial charge in [0.25, 0.3) is 0 Å². The van der Waals surface area contributed by atoms with Gasteiger partial charge in [0.1, 0.15) is 5.01 Å². The minimum atomic E-state index is 0.193. The molecular formula is C16H20N2OS. The van der Waals surface area contributed by atoms with Crippen LogP contribution in [0.25, 0.3) is 10.2 Å².